The van der Waals surface area contributed by atoms with Crippen LogP contribution in [0.1, 0.15) is 18.1 Å². The molecule has 7 nitrogen and oxygen atoms in total. The van der Waals surface area contributed by atoms with Gasteiger partial charge in [-0.2, -0.15) is 13.2 Å². The fourth-order valence-electron chi connectivity index (χ4n) is 1.95. The highest BCUT2D eigenvalue weighted by molar-refractivity contribution is 6.35. The molecule has 1 aliphatic heterocycles. The number of rotatable bonds is 5. The Morgan fingerprint density at radius 2 is 1.83 bits per heavy atom. The number of ether oxygens (including phenoxy) is 2. The number of aliphatic hydroxyl groups is 1. The number of aliphatic hydroxyl groups excluding tert-OH is 1. The van der Waals surface area contributed by atoms with E-state index < -0.39 is 30.6 Å². The van der Waals surface area contributed by atoms with E-state index in [2.05, 4.69) is 5.32 Å². The molecule has 2 rings (SSSR count). The summed E-state index contributed by atoms with van der Waals surface area (Å²) in [7, 11) is 0. The molecule has 0 saturated heterocycles. The molecule has 1 aliphatic rings. The number of alkyl halides is 3. The van der Waals surface area contributed by atoms with Crippen LogP contribution >= 0.6 is 0 Å². The van der Waals surface area contributed by atoms with E-state index in [1.165, 1.54) is 5.32 Å². The van der Waals surface area contributed by atoms with Gasteiger partial charge in [0.25, 0.3) is 0 Å². The monoisotopic (exact) mass is 348 g/mol. The molecule has 0 aromatic heterocycles. The highest BCUT2D eigenvalue weighted by Crippen LogP contribution is 2.34. The van der Waals surface area contributed by atoms with Crippen LogP contribution in [0.3, 0.4) is 0 Å². The molecule has 0 fully saturated rings. The second-order valence-electron chi connectivity index (χ2n) is 4.97. The molecule has 0 bridgehead atoms. The Labute approximate surface area is 134 Å². The lowest BCUT2D eigenvalue weighted by Gasteiger charge is -2.12. The van der Waals surface area contributed by atoms with Crippen LogP contribution in [0.15, 0.2) is 18.2 Å². The lowest BCUT2D eigenvalue weighted by atomic mass is 10.1. The van der Waals surface area contributed by atoms with E-state index in [9.17, 15) is 27.9 Å². The number of fused-ring (bicyclic) bond motifs is 1. The lowest BCUT2D eigenvalue weighted by molar-refractivity contribution is -0.146. The van der Waals surface area contributed by atoms with Gasteiger partial charge in [0.1, 0.15) is 6.54 Å². The Balaban J connectivity index is 1.75. The van der Waals surface area contributed by atoms with Gasteiger partial charge >= 0.3 is 18.0 Å². The van der Waals surface area contributed by atoms with Crippen molar-refractivity contribution in [2.75, 3.05) is 19.9 Å². The lowest BCUT2D eigenvalue weighted by Crippen LogP contribution is -2.43. The molecular weight excluding hydrogens is 333 g/mol. The van der Waals surface area contributed by atoms with E-state index in [0.29, 0.717) is 17.1 Å². The van der Waals surface area contributed by atoms with Crippen LogP contribution in [0.5, 0.6) is 11.5 Å². The zero-order valence-corrected chi connectivity index (χ0v) is 12.4. The largest absolute Gasteiger partial charge is 0.454 e. The highest BCUT2D eigenvalue weighted by atomic mass is 19.4. The fraction of sp³-hybridized carbons (Fsp3) is 0.429. The van der Waals surface area contributed by atoms with Gasteiger partial charge in [-0.15, -0.1) is 0 Å². The third kappa shape index (κ3) is 5.01. The average Bonchev–Trinajstić information content (AvgIpc) is 2.99. The standard InChI is InChI=1S/C14H15F3N2O5/c15-14(16,17)6-19-13(22)12(21)18-4-3-9(20)8-1-2-10-11(5-8)24-7-23-10/h1-2,5,9,20H,3-4,6-7H2,(H,18,21)(H,19,22)/t9-/m0/s1. The van der Waals surface area contributed by atoms with Crippen LogP contribution in [0, 0.1) is 0 Å². The minimum absolute atomic E-state index is 0.0674. The number of hydrogen-bond acceptors (Lipinski definition) is 5. The number of carbonyl (C=O) groups excluding carboxylic acids is 2. The average molecular weight is 348 g/mol. The molecule has 1 aromatic carbocycles. The fourth-order valence-corrected chi connectivity index (χ4v) is 1.95. The van der Waals surface area contributed by atoms with Crippen molar-refractivity contribution < 1.29 is 37.3 Å². The maximum absolute atomic E-state index is 11.9. The first-order valence-electron chi connectivity index (χ1n) is 6.96. The second kappa shape index (κ2) is 7.39. The number of carbonyl (C=O) groups is 2. The van der Waals surface area contributed by atoms with E-state index in [1.54, 1.807) is 18.2 Å². The predicted octanol–water partition coefficient (Wildman–Crippen LogP) is 0.633. The van der Waals surface area contributed by atoms with Gasteiger partial charge in [-0.1, -0.05) is 6.07 Å². The third-order valence-electron chi connectivity index (χ3n) is 3.14. The summed E-state index contributed by atoms with van der Waals surface area (Å²) in [5.41, 5.74) is 0.523. The van der Waals surface area contributed by atoms with Crippen molar-refractivity contribution in [3.05, 3.63) is 23.8 Å². The quantitative estimate of drug-likeness (QED) is 0.679. The first kappa shape index (κ1) is 17.9. The predicted molar refractivity (Wildman–Crippen MR) is 74.2 cm³/mol. The van der Waals surface area contributed by atoms with E-state index in [0.717, 1.165) is 0 Å². The first-order chi connectivity index (χ1) is 11.3. The number of hydrogen-bond donors (Lipinski definition) is 3. The summed E-state index contributed by atoms with van der Waals surface area (Å²) in [6.07, 6.45) is -5.47. The molecule has 0 spiro atoms. The van der Waals surface area contributed by atoms with Crippen molar-refractivity contribution in [1.29, 1.82) is 0 Å². The normalized spacial score (nSPS) is 14.2. The smallest absolute Gasteiger partial charge is 0.405 e. The number of benzene rings is 1. The van der Waals surface area contributed by atoms with Crippen LogP contribution in [0.2, 0.25) is 0 Å². The molecule has 0 unspecified atom stereocenters. The Morgan fingerprint density at radius 1 is 1.17 bits per heavy atom. The molecule has 132 valence electrons. The van der Waals surface area contributed by atoms with E-state index in [-0.39, 0.29) is 19.8 Å². The minimum atomic E-state index is -4.59. The molecule has 1 heterocycles. The number of nitrogens with one attached hydrogen (secondary N) is 2. The summed E-state index contributed by atoms with van der Waals surface area (Å²) < 4.78 is 46.1. The summed E-state index contributed by atoms with van der Waals surface area (Å²) in [5.74, 6) is -1.54. The zero-order valence-electron chi connectivity index (χ0n) is 12.4. The molecule has 10 heteroatoms. The van der Waals surface area contributed by atoms with Gasteiger partial charge in [-0.3, -0.25) is 9.59 Å². The summed E-state index contributed by atoms with van der Waals surface area (Å²) in [6.45, 7) is -1.58. The van der Waals surface area contributed by atoms with Crippen LogP contribution < -0.4 is 20.1 Å². The van der Waals surface area contributed by atoms with Crippen molar-refractivity contribution in [2.45, 2.75) is 18.7 Å². The minimum Gasteiger partial charge on any atom is -0.454 e. The number of amides is 2. The van der Waals surface area contributed by atoms with Crippen LogP contribution in [0.25, 0.3) is 0 Å². The third-order valence-corrected chi connectivity index (χ3v) is 3.14. The molecule has 2 amide bonds. The van der Waals surface area contributed by atoms with Crippen molar-refractivity contribution in [1.82, 2.24) is 10.6 Å². The molecule has 0 aliphatic carbocycles. The zero-order chi connectivity index (χ0) is 17.7. The maximum atomic E-state index is 11.9. The SMILES string of the molecule is O=C(NCC[C@H](O)c1ccc2c(c1)OCO2)C(=O)NCC(F)(F)F. The van der Waals surface area contributed by atoms with E-state index >= 15 is 0 Å². The molecule has 0 saturated carbocycles. The van der Waals surface area contributed by atoms with Crippen LogP contribution in [-0.4, -0.2) is 43.0 Å². The Bertz CT molecular complexity index is 621. The van der Waals surface area contributed by atoms with Gasteiger partial charge in [-0.25, -0.2) is 0 Å². The van der Waals surface area contributed by atoms with Gasteiger partial charge < -0.3 is 25.2 Å². The second-order valence-corrected chi connectivity index (χ2v) is 4.97. The van der Waals surface area contributed by atoms with Gasteiger partial charge in [0, 0.05) is 6.54 Å². The highest BCUT2D eigenvalue weighted by Gasteiger charge is 2.29. The van der Waals surface area contributed by atoms with E-state index in [1.807, 2.05) is 0 Å². The van der Waals surface area contributed by atoms with E-state index in [4.69, 9.17) is 9.47 Å². The van der Waals surface area contributed by atoms with Gasteiger partial charge in [0.15, 0.2) is 11.5 Å². The van der Waals surface area contributed by atoms with Gasteiger partial charge in [0.2, 0.25) is 6.79 Å². The van der Waals surface area contributed by atoms with Gasteiger partial charge in [0.05, 0.1) is 6.10 Å². The molecule has 1 aromatic rings. The van der Waals surface area contributed by atoms with Crippen molar-refractivity contribution >= 4 is 11.8 Å². The summed E-state index contributed by atoms with van der Waals surface area (Å²) in [6, 6.07) is 4.84. The number of halogens is 3. The molecule has 3 N–H and O–H groups in total. The van der Waals surface area contributed by atoms with Crippen LogP contribution in [0.4, 0.5) is 13.2 Å². The van der Waals surface area contributed by atoms with Crippen LogP contribution in [-0.2, 0) is 9.59 Å². The Hall–Kier alpha value is -2.49. The van der Waals surface area contributed by atoms with Crippen molar-refractivity contribution in [2.24, 2.45) is 0 Å². The summed E-state index contributed by atoms with van der Waals surface area (Å²) in [4.78, 5) is 22.5. The molecule has 1 atom stereocenters. The Kier molecular flexibility index (Phi) is 5.50. The van der Waals surface area contributed by atoms with Crippen molar-refractivity contribution in [3.63, 3.8) is 0 Å². The first-order valence-corrected chi connectivity index (χ1v) is 6.96. The molecule has 0 radical (unpaired) electrons. The molecule has 24 heavy (non-hydrogen) atoms. The summed E-state index contributed by atoms with van der Waals surface area (Å²) in [5, 5.41) is 13.6. The van der Waals surface area contributed by atoms with Crippen molar-refractivity contribution in [3.8, 4) is 11.5 Å². The van der Waals surface area contributed by atoms with Gasteiger partial charge in [-0.05, 0) is 24.1 Å². The molecular formula is C14H15F3N2O5. The topological polar surface area (TPSA) is 96.9 Å². The maximum Gasteiger partial charge on any atom is 0.405 e. The summed E-state index contributed by atoms with van der Waals surface area (Å²) >= 11 is 0. The Morgan fingerprint density at radius 3 is 2.54 bits per heavy atom.